The third kappa shape index (κ3) is 4.20. The first-order valence-corrected chi connectivity index (χ1v) is 6.86. The van der Waals surface area contributed by atoms with E-state index in [4.69, 9.17) is 0 Å². The zero-order valence-electron chi connectivity index (χ0n) is 12.4. The van der Waals surface area contributed by atoms with Crippen LogP contribution in [0.25, 0.3) is 12.2 Å². The van der Waals surface area contributed by atoms with E-state index in [1.54, 1.807) is 12.1 Å². The van der Waals surface area contributed by atoms with E-state index < -0.39 is 15.6 Å². The lowest BCUT2D eigenvalue weighted by Crippen LogP contribution is -1.92. The van der Waals surface area contributed by atoms with Gasteiger partial charge >= 0.3 is 0 Å². The van der Waals surface area contributed by atoms with Gasteiger partial charge in [0.25, 0.3) is 11.4 Å². The highest BCUT2D eigenvalue weighted by molar-refractivity contribution is 6.04. The number of hydrogen-bond acceptors (Lipinski definition) is 5. The van der Waals surface area contributed by atoms with Gasteiger partial charge in [0.1, 0.15) is 0 Å². The second-order valence-corrected chi connectivity index (χ2v) is 4.70. The Labute approximate surface area is 136 Å². The van der Waals surface area contributed by atoms with Crippen LogP contribution in [0.3, 0.4) is 0 Å². The fraction of sp³-hybridized carbons (Fsp3) is 0. The standard InChI is InChI=1S/C17H12N2O5/c20-15(11-9-13-5-1-3-7-16(13)18(21)22)12-10-14-6-2-4-8-17(14)19(23)24/h1-12H. The molecule has 0 bridgehead atoms. The molecule has 0 atom stereocenters. The largest absolute Gasteiger partial charge is 0.290 e. The molecule has 0 fully saturated rings. The summed E-state index contributed by atoms with van der Waals surface area (Å²) in [6.45, 7) is 0. The fourth-order valence-electron chi connectivity index (χ4n) is 1.99. The molecule has 0 N–H and O–H groups in total. The van der Waals surface area contributed by atoms with Crippen LogP contribution in [0.15, 0.2) is 60.7 Å². The number of carbonyl (C=O) groups is 1. The molecule has 7 nitrogen and oxygen atoms in total. The summed E-state index contributed by atoms with van der Waals surface area (Å²) < 4.78 is 0. The number of allylic oxidation sites excluding steroid dienone is 2. The van der Waals surface area contributed by atoms with Crippen LogP contribution in [0.2, 0.25) is 0 Å². The molecule has 0 spiro atoms. The molecule has 0 radical (unpaired) electrons. The van der Waals surface area contributed by atoms with Crippen LogP contribution in [-0.4, -0.2) is 15.6 Å². The number of hydrogen-bond donors (Lipinski definition) is 0. The summed E-state index contributed by atoms with van der Waals surface area (Å²) in [6.07, 6.45) is 5.02. The molecule has 0 aliphatic rings. The summed E-state index contributed by atoms with van der Waals surface area (Å²) in [5, 5.41) is 21.8. The van der Waals surface area contributed by atoms with Gasteiger partial charge in [-0.2, -0.15) is 0 Å². The molecule has 7 heteroatoms. The van der Waals surface area contributed by atoms with E-state index in [1.807, 2.05) is 0 Å². The lowest BCUT2D eigenvalue weighted by atomic mass is 10.1. The van der Waals surface area contributed by atoms with Gasteiger partial charge in [-0.25, -0.2) is 0 Å². The van der Waals surface area contributed by atoms with Gasteiger partial charge in [-0.1, -0.05) is 24.3 Å². The molecule has 0 heterocycles. The van der Waals surface area contributed by atoms with Gasteiger partial charge in [0, 0.05) is 12.1 Å². The molecule has 0 aliphatic carbocycles. The Kier molecular flexibility index (Phi) is 5.30. The molecule has 0 amide bonds. The predicted molar refractivity (Wildman–Crippen MR) is 89.3 cm³/mol. The molecule has 0 aliphatic heterocycles. The number of nitrogens with zero attached hydrogens (tertiary/aromatic N) is 2. The van der Waals surface area contributed by atoms with Crippen LogP contribution >= 0.6 is 0 Å². The van der Waals surface area contributed by atoms with Crippen molar-refractivity contribution in [2.45, 2.75) is 0 Å². The minimum atomic E-state index is -0.534. The maximum atomic E-state index is 11.8. The van der Waals surface area contributed by atoms with Crippen molar-refractivity contribution in [2.75, 3.05) is 0 Å². The molecule has 24 heavy (non-hydrogen) atoms. The number of ketones is 1. The van der Waals surface area contributed by atoms with E-state index in [9.17, 15) is 25.0 Å². The summed E-state index contributed by atoms with van der Waals surface area (Å²) in [7, 11) is 0. The topological polar surface area (TPSA) is 103 Å². The second kappa shape index (κ2) is 7.59. The number of benzene rings is 2. The van der Waals surface area contributed by atoms with Gasteiger partial charge in [-0.15, -0.1) is 0 Å². The highest BCUT2D eigenvalue weighted by Gasteiger charge is 2.10. The van der Waals surface area contributed by atoms with Gasteiger partial charge in [-0.05, 0) is 36.4 Å². The number of rotatable bonds is 6. The van der Waals surface area contributed by atoms with Gasteiger partial charge in [-0.3, -0.25) is 25.0 Å². The van der Waals surface area contributed by atoms with Crippen LogP contribution in [0.1, 0.15) is 11.1 Å². The molecule has 0 unspecified atom stereocenters. The summed E-state index contributed by atoms with van der Waals surface area (Å²) in [4.78, 5) is 32.5. The van der Waals surface area contributed by atoms with Crippen molar-refractivity contribution in [3.05, 3.63) is 92.0 Å². The highest BCUT2D eigenvalue weighted by Crippen LogP contribution is 2.20. The van der Waals surface area contributed by atoms with Crippen LogP contribution in [0.5, 0.6) is 0 Å². The van der Waals surface area contributed by atoms with Crippen molar-refractivity contribution in [1.82, 2.24) is 0 Å². The lowest BCUT2D eigenvalue weighted by molar-refractivity contribution is -0.385. The quantitative estimate of drug-likeness (QED) is 0.456. The SMILES string of the molecule is O=C(C=Cc1ccccc1[N+](=O)[O-])C=Cc1ccccc1[N+](=O)[O-]. The van der Waals surface area contributed by atoms with Crippen LogP contribution in [0.4, 0.5) is 11.4 Å². The monoisotopic (exact) mass is 324 g/mol. The average molecular weight is 324 g/mol. The Balaban J connectivity index is 2.17. The average Bonchev–Trinajstić information content (AvgIpc) is 2.58. The van der Waals surface area contributed by atoms with Crippen molar-refractivity contribution in [1.29, 1.82) is 0 Å². The van der Waals surface area contributed by atoms with E-state index in [0.717, 1.165) is 0 Å². The molecule has 0 aromatic heterocycles. The summed E-state index contributed by atoms with van der Waals surface area (Å²) >= 11 is 0. The van der Waals surface area contributed by atoms with Gasteiger partial charge in [0.15, 0.2) is 5.78 Å². The molecule has 2 aromatic rings. The molecular formula is C17H12N2O5. The van der Waals surface area contributed by atoms with Gasteiger partial charge in [0.05, 0.1) is 21.0 Å². The number of carbonyl (C=O) groups excluding carboxylic acids is 1. The Hall–Kier alpha value is -3.61. The molecular weight excluding hydrogens is 312 g/mol. The number of nitro benzene ring substituents is 2. The van der Waals surface area contributed by atoms with Crippen molar-refractivity contribution in [3.63, 3.8) is 0 Å². The number of nitro groups is 2. The van der Waals surface area contributed by atoms with Crippen LogP contribution in [-0.2, 0) is 4.79 Å². The number of para-hydroxylation sites is 2. The summed E-state index contributed by atoms with van der Waals surface area (Å²) in [6, 6.07) is 12.0. The van der Waals surface area contributed by atoms with Gasteiger partial charge < -0.3 is 0 Å². The second-order valence-electron chi connectivity index (χ2n) is 4.70. The first-order valence-electron chi connectivity index (χ1n) is 6.86. The zero-order chi connectivity index (χ0) is 17.5. The maximum Gasteiger partial charge on any atom is 0.276 e. The Morgan fingerprint density at radius 1 is 0.750 bits per heavy atom. The highest BCUT2D eigenvalue weighted by atomic mass is 16.6. The Morgan fingerprint density at radius 2 is 1.12 bits per heavy atom. The normalized spacial score (nSPS) is 11.0. The minimum Gasteiger partial charge on any atom is -0.290 e. The Bertz CT molecular complexity index is 786. The Morgan fingerprint density at radius 3 is 1.50 bits per heavy atom. The molecule has 120 valence electrons. The van der Waals surface area contributed by atoms with E-state index in [2.05, 4.69) is 0 Å². The summed E-state index contributed by atoms with van der Waals surface area (Å²) in [5.74, 6) is -0.439. The van der Waals surface area contributed by atoms with Crippen molar-refractivity contribution in [2.24, 2.45) is 0 Å². The smallest absolute Gasteiger partial charge is 0.276 e. The van der Waals surface area contributed by atoms with Crippen LogP contribution < -0.4 is 0 Å². The van der Waals surface area contributed by atoms with E-state index in [1.165, 1.54) is 60.7 Å². The van der Waals surface area contributed by atoms with Crippen molar-refractivity contribution >= 4 is 29.3 Å². The maximum absolute atomic E-state index is 11.8. The molecule has 2 rings (SSSR count). The molecule has 2 aromatic carbocycles. The lowest BCUT2D eigenvalue weighted by Gasteiger charge is -1.96. The van der Waals surface area contributed by atoms with Gasteiger partial charge in [0.2, 0.25) is 0 Å². The van der Waals surface area contributed by atoms with Crippen molar-refractivity contribution in [3.8, 4) is 0 Å². The van der Waals surface area contributed by atoms with Crippen molar-refractivity contribution < 1.29 is 14.6 Å². The summed E-state index contributed by atoms with van der Waals surface area (Å²) in [5.41, 5.74) is 0.387. The minimum absolute atomic E-state index is 0.107. The predicted octanol–water partition coefficient (Wildman–Crippen LogP) is 3.80. The molecule has 0 saturated carbocycles. The first kappa shape index (κ1) is 16.8. The van der Waals surface area contributed by atoms with E-state index in [0.29, 0.717) is 11.1 Å². The third-order valence-corrected chi connectivity index (χ3v) is 3.12. The van der Waals surface area contributed by atoms with E-state index in [-0.39, 0.29) is 11.4 Å². The first-order chi connectivity index (χ1) is 11.5. The zero-order valence-corrected chi connectivity index (χ0v) is 12.4. The molecule has 0 saturated heterocycles. The fourth-order valence-corrected chi connectivity index (χ4v) is 1.99. The van der Waals surface area contributed by atoms with E-state index >= 15 is 0 Å². The third-order valence-electron chi connectivity index (χ3n) is 3.12. The van der Waals surface area contributed by atoms with Crippen LogP contribution in [0, 0.1) is 20.2 Å².